The summed E-state index contributed by atoms with van der Waals surface area (Å²) in [5.41, 5.74) is 1.32. The van der Waals surface area contributed by atoms with E-state index in [4.69, 9.17) is 9.47 Å². The lowest BCUT2D eigenvalue weighted by atomic mass is 9.99. The van der Waals surface area contributed by atoms with Gasteiger partial charge in [0.05, 0.1) is 0 Å². The number of hydrogen-bond acceptors (Lipinski definition) is 4. The van der Waals surface area contributed by atoms with Gasteiger partial charge in [-0.3, -0.25) is 4.90 Å². The molecule has 1 atom stereocenters. The van der Waals surface area contributed by atoms with Crippen molar-refractivity contribution < 1.29 is 9.47 Å². The summed E-state index contributed by atoms with van der Waals surface area (Å²) < 4.78 is 11.4. The van der Waals surface area contributed by atoms with Crippen LogP contribution in [0.5, 0.6) is 11.5 Å². The average molecular weight is 361 g/mol. The number of rotatable bonds is 5. The fraction of sp³-hybridized carbons (Fsp3) is 0.529. The molecular weight excluding hydrogens is 335 g/mol. The van der Waals surface area contributed by atoms with Crippen LogP contribution in [0.15, 0.2) is 30.9 Å². The molecule has 23 heavy (non-hydrogen) atoms. The molecule has 6 heteroatoms. The predicted molar refractivity (Wildman–Crippen MR) is 98.5 cm³/mol. The van der Waals surface area contributed by atoms with E-state index in [1.54, 1.807) is 0 Å². The fourth-order valence-corrected chi connectivity index (χ4v) is 3.10. The second-order valence-corrected chi connectivity index (χ2v) is 5.57. The number of ether oxygens (including phenoxy) is 2. The number of halogens is 2. The molecule has 1 fully saturated rings. The van der Waals surface area contributed by atoms with Gasteiger partial charge in [0.1, 0.15) is 13.2 Å². The zero-order valence-corrected chi connectivity index (χ0v) is 15.0. The monoisotopic (exact) mass is 360 g/mol. The summed E-state index contributed by atoms with van der Waals surface area (Å²) >= 11 is 0. The molecule has 1 N–H and O–H groups in total. The molecule has 0 aliphatic carbocycles. The Morgan fingerprint density at radius 1 is 1.13 bits per heavy atom. The van der Waals surface area contributed by atoms with E-state index in [1.165, 1.54) is 5.56 Å². The van der Waals surface area contributed by atoms with Gasteiger partial charge < -0.3 is 14.8 Å². The molecule has 0 unspecified atom stereocenters. The number of piperazine rings is 1. The molecule has 2 heterocycles. The third-order valence-electron chi connectivity index (χ3n) is 4.19. The maximum absolute atomic E-state index is 5.73. The van der Waals surface area contributed by atoms with Crippen LogP contribution in [0.1, 0.15) is 24.4 Å². The Bertz CT molecular complexity index is 493. The Morgan fingerprint density at radius 3 is 2.52 bits per heavy atom. The first-order valence-electron chi connectivity index (χ1n) is 7.83. The van der Waals surface area contributed by atoms with Crippen LogP contribution in [0.3, 0.4) is 0 Å². The van der Waals surface area contributed by atoms with Crippen LogP contribution in [0.2, 0.25) is 0 Å². The van der Waals surface area contributed by atoms with E-state index in [0.717, 1.165) is 50.5 Å². The van der Waals surface area contributed by atoms with Gasteiger partial charge in [0.15, 0.2) is 11.5 Å². The number of hydrogen-bond donors (Lipinski definition) is 1. The first kappa shape index (κ1) is 20.1. The van der Waals surface area contributed by atoms with Crippen LogP contribution >= 0.6 is 24.8 Å². The van der Waals surface area contributed by atoms with Gasteiger partial charge in [0.25, 0.3) is 0 Å². The Hall–Kier alpha value is -0.940. The lowest BCUT2D eigenvalue weighted by molar-refractivity contribution is 0.160. The molecule has 2 aliphatic rings. The van der Waals surface area contributed by atoms with Crippen molar-refractivity contribution in [1.82, 2.24) is 10.2 Å². The van der Waals surface area contributed by atoms with E-state index in [2.05, 4.69) is 28.9 Å². The molecule has 0 amide bonds. The van der Waals surface area contributed by atoms with E-state index < -0.39 is 0 Å². The number of allylic oxidation sites excluding steroid dienone is 1. The molecular formula is C17H26Cl2N2O2. The van der Waals surface area contributed by atoms with E-state index in [-0.39, 0.29) is 24.8 Å². The number of fused-ring (bicyclic) bond motifs is 1. The maximum Gasteiger partial charge on any atom is 0.161 e. The molecule has 130 valence electrons. The smallest absolute Gasteiger partial charge is 0.161 e. The Balaban J connectivity index is 0.00000132. The minimum atomic E-state index is 0. The van der Waals surface area contributed by atoms with Crippen molar-refractivity contribution in [2.24, 2.45) is 0 Å². The zero-order chi connectivity index (χ0) is 14.5. The van der Waals surface area contributed by atoms with Gasteiger partial charge in [0.2, 0.25) is 0 Å². The molecule has 1 saturated heterocycles. The molecule has 1 aromatic rings. The summed E-state index contributed by atoms with van der Waals surface area (Å²) in [5.74, 6) is 1.75. The fourth-order valence-electron chi connectivity index (χ4n) is 3.10. The summed E-state index contributed by atoms with van der Waals surface area (Å²) in [6.45, 7) is 9.47. The zero-order valence-electron chi connectivity index (χ0n) is 13.3. The molecule has 4 nitrogen and oxygen atoms in total. The number of nitrogens with one attached hydrogen (secondary N) is 1. The summed E-state index contributed by atoms with van der Waals surface area (Å²) in [7, 11) is 0. The van der Waals surface area contributed by atoms with Gasteiger partial charge in [-0.25, -0.2) is 0 Å². The minimum Gasteiger partial charge on any atom is -0.486 e. The Morgan fingerprint density at radius 2 is 1.83 bits per heavy atom. The summed E-state index contributed by atoms with van der Waals surface area (Å²) in [4.78, 5) is 2.56. The number of nitrogens with zero attached hydrogens (tertiary/aromatic N) is 1. The third-order valence-corrected chi connectivity index (χ3v) is 4.19. The van der Waals surface area contributed by atoms with Gasteiger partial charge in [-0.1, -0.05) is 12.1 Å². The quantitative estimate of drug-likeness (QED) is 0.817. The second kappa shape index (κ2) is 10.0. The number of benzene rings is 1. The van der Waals surface area contributed by atoms with Crippen molar-refractivity contribution in [2.45, 2.75) is 18.9 Å². The van der Waals surface area contributed by atoms with Gasteiger partial charge in [-0.2, -0.15) is 0 Å². The highest BCUT2D eigenvalue weighted by atomic mass is 35.5. The van der Waals surface area contributed by atoms with Crippen molar-refractivity contribution in [3.05, 3.63) is 36.4 Å². The van der Waals surface area contributed by atoms with Gasteiger partial charge in [-0.15, -0.1) is 31.4 Å². The largest absolute Gasteiger partial charge is 0.486 e. The van der Waals surface area contributed by atoms with E-state index >= 15 is 0 Å². The highest BCUT2D eigenvalue weighted by Crippen LogP contribution is 2.35. The van der Waals surface area contributed by atoms with E-state index in [9.17, 15) is 0 Å². The van der Waals surface area contributed by atoms with Gasteiger partial charge >= 0.3 is 0 Å². The molecule has 0 bridgehead atoms. The minimum absolute atomic E-state index is 0. The maximum atomic E-state index is 5.73. The molecule has 1 aromatic carbocycles. The standard InChI is InChI=1S/C17H24N2O2.2ClH/c1-2-3-4-15(19-9-7-18-8-10-19)14-5-6-16-17(13-14)21-12-11-20-16;;/h2,5-6,13,15,18H,1,3-4,7-12H2;2*1H/t15-;;/m0../s1. The van der Waals surface area contributed by atoms with Crippen molar-refractivity contribution in [3.8, 4) is 11.5 Å². The second-order valence-electron chi connectivity index (χ2n) is 5.57. The van der Waals surface area contributed by atoms with Crippen molar-refractivity contribution >= 4 is 24.8 Å². The first-order valence-corrected chi connectivity index (χ1v) is 7.83. The average Bonchev–Trinajstić information content (AvgIpc) is 2.56. The first-order chi connectivity index (χ1) is 10.4. The van der Waals surface area contributed by atoms with Crippen molar-refractivity contribution in [1.29, 1.82) is 0 Å². The highest BCUT2D eigenvalue weighted by Gasteiger charge is 2.23. The van der Waals surface area contributed by atoms with Gasteiger partial charge in [0, 0.05) is 32.2 Å². The molecule has 0 aromatic heterocycles. The van der Waals surface area contributed by atoms with E-state index in [1.807, 2.05) is 12.1 Å². The molecule has 0 radical (unpaired) electrons. The summed E-state index contributed by atoms with van der Waals surface area (Å²) in [5, 5.41) is 3.42. The molecule has 0 saturated carbocycles. The molecule has 3 rings (SSSR count). The molecule has 2 aliphatic heterocycles. The van der Waals surface area contributed by atoms with Crippen molar-refractivity contribution in [3.63, 3.8) is 0 Å². The SMILES string of the molecule is C=CCC[C@@H](c1ccc2c(c1)OCCO2)N1CCNCC1.Cl.Cl. The normalized spacial score (nSPS) is 18.3. The lowest BCUT2D eigenvalue weighted by Crippen LogP contribution is -2.45. The third kappa shape index (κ3) is 5.01. The lowest BCUT2D eigenvalue weighted by Gasteiger charge is -2.35. The molecule has 0 spiro atoms. The summed E-state index contributed by atoms with van der Waals surface area (Å²) in [6.07, 6.45) is 4.14. The van der Waals surface area contributed by atoms with Crippen LogP contribution in [-0.4, -0.2) is 44.3 Å². The van der Waals surface area contributed by atoms with Crippen molar-refractivity contribution in [2.75, 3.05) is 39.4 Å². The van der Waals surface area contributed by atoms with E-state index in [0.29, 0.717) is 19.3 Å². The Labute approximate surface area is 151 Å². The van der Waals surface area contributed by atoms with Crippen LogP contribution in [-0.2, 0) is 0 Å². The highest BCUT2D eigenvalue weighted by molar-refractivity contribution is 5.85. The summed E-state index contributed by atoms with van der Waals surface area (Å²) in [6, 6.07) is 6.82. The predicted octanol–water partition coefficient (Wildman–Crippen LogP) is 3.21. The van der Waals surface area contributed by atoms with Crippen LogP contribution in [0.4, 0.5) is 0 Å². The Kier molecular flexibility index (Phi) is 8.77. The van der Waals surface area contributed by atoms with Crippen LogP contribution in [0, 0.1) is 0 Å². The van der Waals surface area contributed by atoms with Crippen LogP contribution < -0.4 is 14.8 Å². The van der Waals surface area contributed by atoms with Gasteiger partial charge in [-0.05, 0) is 30.5 Å². The topological polar surface area (TPSA) is 33.7 Å². The van der Waals surface area contributed by atoms with Crippen LogP contribution in [0.25, 0.3) is 0 Å².